The average Bonchev–Trinajstić information content (AvgIpc) is 2.55. The molecule has 2 rings (SSSR count). The highest BCUT2D eigenvalue weighted by atomic mass is 16.5. The van der Waals surface area contributed by atoms with Crippen molar-refractivity contribution < 1.29 is 19.1 Å². The zero-order chi connectivity index (χ0) is 16.7. The molecule has 0 saturated heterocycles. The number of aryl methyl sites for hydroxylation is 1. The fourth-order valence-corrected chi connectivity index (χ4v) is 1.84. The zero-order valence-corrected chi connectivity index (χ0v) is 13.0. The Labute approximate surface area is 134 Å². The smallest absolute Gasteiger partial charge is 0.340 e. The molecule has 0 saturated carbocycles. The second-order valence-electron chi connectivity index (χ2n) is 4.74. The molecule has 1 aromatic heterocycles. The number of nitrogens with one attached hydrogen (secondary N) is 1. The van der Waals surface area contributed by atoms with Gasteiger partial charge < -0.3 is 14.8 Å². The van der Waals surface area contributed by atoms with Crippen molar-refractivity contribution in [3.8, 4) is 5.75 Å². The Morgan fingerprint density at radius 1 is 1.17 bits per heavy atom. The Morgan fingerprint density at radius 3 is 2.65 bits per heavy atom. The molecule has 0 radical (unpaired) electrons. The van der Waals surface area contributed by atoms with Crippen LogP contribution in [0.25, 0.3) is 0 Å². The monoisotopic (exact) mass is 314 g/mol. The molecule has 0 aliphatic heterocycles. The minimum absolute atomic E-state index is 0.304. The highest BCUT2D eigenvalue weighted by molar-refractivity contribution is 5.96. The number of rotatable bonds is 6. The van der Waals surface area contributed by atoms with E-state index in [-0.39, 0.29) is 6.61 Å². The summed E-state index contributed by atoms with van der Waals surface area (Å²) in [6.45, 7) is 3.78. The van der Waals surface area contributed by atoms with Crippen LogP contribution in [0.5, 0.6) is 5.75 Å². The predicted octanol–water partition coefficient (Wildman–Crippen LogP) is 2.58. The van der Waals surface area contributed by atoms with Gasteiger partial charge in [-0.1, -0.05) is 12.1 Å². The molecule has 0 atom stereocenters. The first-order valence-electron chi connectivity index (χ1n) is 7.21. The summed E-state index contributed by atoms with van der Waals surface area (Å²) in [5, 5.41) is 2.65. The summed E-state index contributed by atoms with van der Waals surface area (Å²) >= 11 is 0. The maximum atomic E-state index is 11.9. The van der Waals surface area contributed by atoms with Crippen LogP contribution < -0.4 is 10.1 Å². The maximum Gasteiger partial charge on any atom is 0.340 e. The number of para-hydroxylation sites is 2. The molecule has 0 fully saturated rings. The third kappa shape index (κ3) is 4.81. The lowest BCUT2D eigenvalue weighted by molar-refractivity contribution is -0.119. The van der Waals surface area contributed by atoms with Crippen molar-refractivity contribution in [2.75, 3.05) is 18.5 Å². The molecule has 120 valence electrons. The lowest BCUT2D eigenvalue weighted by Crippen LogP contribution is -2.21. The van der Waals surface area contributed by atoms with Gasteiger partial charge in [-0.3, -0.25) is 9.78 Å². The average molecular weight is 314 g/mol. The predicted molar refractivity (Wildman–Crippen MR) is 85.5 cm³/mol. The number of hydrogen-bond acceptors (Lipinski definition) is 5. The first-order chi connectivity index (χ1) is 11.1. The number of carbonyl (C=O) groups excluding carboxylic acids is 2. The van der Waals surface area contributed by atoms with Gasteiger partial charge in [0.05, 0.1) is 17.9 Å². The van der Waals surface area contributed by atoms with Gasteiger partial charge in [-0.2, -0.15) is 0 Å². The second kappa shape index (κ2) is 7.93. The van der Waals surface area contributed by atoms with Crippen molar-refractivity contribution in [2.45, 2.75) is 13.8 Å². The third-order valence-corrected chi connectivity index (χ3v) is 2.94. The molecule has 1 aromatic carbocycles. The first-order valence-corrected chi connectivity index (χ1v) is 7.21. The van der Waals surface area contributed by atoms with Crippen LogP contribution in [-0.2, 0) is 9.53 Å². The fourth-order valence-electron chi connectivity index (χ4n) is 1.84. The SMILES string of the molecule is CCOc1ccccc1NC(=O)COC(=O)c1ccc(C)nc1. The van der Waals surface area contributed by atoms with Crippen molar-refractivity contribution in [1.82, 2.24) is 4.98 Å². The molecule has 0 aliphatic rings. The molecule has 6 nitrogen and oxygen atoms in total. The molecular weight excluding hydrogens is 296 g/mol. The van der Waals surface area contributed by atoms with Gasteiger partial charge in [0.1, 0.15) is 5.75 Å². The van der Waals surface area contributed by atoms with Crippen molar-refractivity contribution >= 4 is 17.6 Å². The van der Waals surface area contributed by atoms with Crippen LogP contribution in [0.15, 0.2) is 42.6 Å². The van der Waals surface area contributed by atoms with E-state index in [2.05, 4.69) is 10.3 Å². The standard InChI is InChI=1S/C17H18N2O4/c1-3-22-15-7-5-4-6-14(15)19-16(20)11-23-17(21)13-9-8-12(2)18-10-13/h4-10H,3,11H2,1-2H3,(H,19,20). The summed E-state index contributed by atoms with van der Waals surface area (Å²) in [7, 11) is 0. The van der Waals surface area contributed by atoms with Crippen molar-refractivity contribution in [1.29, 1.82) is 0 Å². The van der Waals surface area contributed by atoms with Crippen LogP contribution in [0.2, 0.25) is 0 Å². The minimum Gasteiger partial charge on any atom is -0.492 e. The van der Waals surface area contributed by atoms with Gasteiger partial charge in [-0.05, 0) is 38.1 Å². The molecule has 1 heterocycles. The minimum atomic E-state index is -0.592. The molecule has 0 unspecified atom stereocenters. The summed E-state index contributed by atoms with van der Waals surface area (Å²) in [6, 6.07) is 10.4. The van der Waals surface area contributed by atoms with E-state index in [0.717, 1.165) is 5.69 Å². The molecule has 6 heteroatoms. The highest BCUT2D eigenvalue weighted by Crippen LogP contribution is 2.23. The normalized spacial score (nSPS) is 10.0. The number of anilines is 1. The van der Waals surface area contributed by atoms with Crippen molar-refractivity contribution in [3.63, 3.8) is 0 Å². The topological polar surface area (TPSA) is 77.5 Å². The summed E-state index contributed by atoms with van der Waals surface area (Å²) in [4.78, 5) is 27.7. The van der Waals surface area contributed by atoms with E-state index in [9.17, 15) is 9.59 Å². The molecule has 2 aromatic rings. The van der Waals surface area contributed by atoms with Gasteiger partial charge in [0.25, 0.3) is 5.91 Å². The van der Waals surface area contributed by atoms with E-state index in [1.165, 1.54) is 6.20 Å². The highest BCUT2D eigenvalue weighted by Gasteiger charge is 2.12. The van der Waals surface area contributed by atoms with E-state index < -0.39 is 11.9 Å². The van der Waals surface area contributed by atoms with Gasteiger partial charge in [-0.25, -0.2) is 4.79 Å². The third-order valence-electron chi connectivity index (χ3n) is 2.94. The summed E-state index contributed by atoms with van der Waals surface area (Å²) in [5.74, 6) is -0.464. The van der Waals surface area contributed by atoms with Crippen LogP contribution >= 0.6 is 0 Å². The van der Waals surface area contributed by atoms with Crippen LogP contribution in [0, 0.1) is 6.92 Å². The van der Waals surface area contributed by atoms with Crippen molar-refractivity contribution in [3.05, 3.63) is 53.9 Å². The maximum absolute atomic E-state index is 11.9. The fraction of sp³-hybridized carbons (Fsp3) is 0.235. The zero-order valence-electron chi connectivity index (χ0n) is 13.0. The van der Waals surface area contributed by atoms with E-state index in [1.54, 1.807) is 30.3 Å². The van der Waals surface area contributed by atoms with Crippen LogP contribution in [0.3, 0.4) is 0 Å². The number of benzene rings is 1. The Morgan fingerprint density at radius 2 is 1.96 bits per heavy atom. The number of carbonyl (C=O) groups is 2. The summed E-state index contributed by atoms with van der Waals surface area (Å²) in [6.07, 6.45) is 1.42. The van der Waals surface area contributed by atoms with E-state index in [4.69, 9.17) is 9.47 Å². The van der Waals surface area contributed by atoms with Gasteiger partial charge in [0, 0.05) is 11.9 Å². The van der Waals surface area contributed by atoms with Crippen LogP contribution in [0.4, 0.5) is 5.69 Å². The number of amides is 1. The lowest BCUT2D eigenvalue weighted by Gasteiger charge is -2.11. The van der Waals surface area contributed by atoms with Crippen molar-refractivity contribution in [2.24, 2.45) is 0 Å². The molecule has 0 bridgehead atoms. The lowest BCUT2D eigenvalue weighted by atomic mass is 10.2. The molecule has 0 spiro atoms. The molecule has 1 N–H and O–H groups in total. The van der Waals surface area contributed by atoms with Crippen LogP contribution in [0.1, 0.15) is 23.0 Å². The number of nitrogens with zero attached hydrogens (tertiary/aromatic N) is 1. The number of hydrogen-bond donors (Lipinski definition) is 1. The first kappa shape index (κ1) is 16.5. The van der Waals surface area contributed by atoms with E-state index in [0.29, 0.717) is 23.6 Å². The number of pyridine rings is 1. The van der Waals surface area contributed by atoms with Gasteiger partial charge >= 0.3 is 5.97 Å². The number of ether oxygens (including phenoxy) is 2. The Balaban J connectivity index is 1.90. The number of aromatic nitrogens is 1. The Bertz CT molecular complexity index is 683. The quantitative estimate of drug-likeness (QED) is 0.829. The summed E-state index contributed by atoms with van der Waals surface area (Å²) in [5.41, 5.74) is 1.64. The van der Waals surface area contributed by atoms with Gasteiger partial charge in [-0.15, -0.1) is 0 Å². The van der Waals surface area contributed by atoms with E-state index >= 15 is 0 Å². The van der Waals surface area contributed by atoms with Gasteiger partial charge in [0.2, 0.25) is 0 Å². The van der Waals surface area contributed by atoms with Gasteiger partial charge in [0.15, 0.2) is 6.61 Å². The molecule has 1 amide bonds. The second-order valence-corrected chi connectivity index (χ2v) is 4.74. The number of esters is 1. The Hall–Kier alpha value is -2.89. The molecular formula is C17H18N2O4. The molecule has 0 aliphatic carbocycles. The summed E-state index contributed by atoms with van der Waals surface area (Å²) < 4.78 is 10.4. The van der Waals surface area contributed by atoms with Crippen LogP contribution in [-0.4, -0.2) is 30.1 Å². The Kier molecular flexibility index (Phi) is 5.68. The van der Waals surface area contributed by atoms with E-state index in [1.807, 2.05) is 19.9 Å². The largest absolute Gasteiger partial charge is 0.492 e. The molecule has 23 heavy (non-hydrogen) atoms.